The molecule has 8 nitrogen and oxygen atoms in total. The zero-order valence-corrected chi connectivity index (χ0v) is 8.02. The number of aliphatic hydroxyl groups excluding tert-OH is 1. The number of nitrogens with zero attached hydrogens (tertiary/aromatic N) is 5. The highest BCUT2D eigenvalue weighted by Gasteiger charge is 2.10. The molecule has 0 aliphatic heterocycles. The Hall–Kier alpha value is -2.35. The Bertz CT molecular complexity index is 507. The number of nitro groups is 1. The summed E-state index contributed by atoms with van der Waals surface area (Å²) in [5.41, 5.74) is 0.594. The number of nitro benzene ring substituents is 1. The van der Waals surface area contributed by atoms with E-state index in [1.54, 1.807) is 0 Å². The molecule has 0 atom stereocenters. The molecule has 2 rings (SSSR count). The maximum Gasteiger partial charge on any atom is 0.269 e. The quantitative estimate of drug-likeness (QED) is 0.585. The van der Waals surface area contributed by atoms with Gasteiger partial charge in [-0.25, -0.2) is 0 Å². The van der Waals surface area contributed by atoms with Crippen molar-refractivity contribution < 1.29 is 10.0 Å². The number of benzene rings is 1. The minimum absolute atomic E-state index is 0.00762. The zero-order chi connectivity index (χ0) is 11.5. The van der Waals surface area contributed by atoms with Crippen molar-refractivity contribution in [3.8, 4) is 11.4 Å². The lowest BCUT2D eigenvalue weighted by atomic mass is 10.2. The Balaban J connectivity index is 2.38. The molecule has 1 heterocycles. The Kier molecular flexibility index (Phi) is 2.56. The molecule has 0 spiro atoms. The first-order chi connectivity index (χ1) is 7.72. The van der Waals surface area contributed by atoms with Gasteiger partial charge in [-0.3, -0.25) is 10.1 Å². The SMILES string of the molecule is O=[N+]([O-])c1ccc(-c2nnnn2CO)cc1. The first-order valence-electron chi connectivity index (χ1n) is 4.34. The molecule has 1 aromatic carbocycles. The first-order valence-corrected chi connectivity index (χ1v) is 4.34. The summed E-state index contributed by atoms with van der Waals surface area (Å²) in [5.74, 6) is 0.359. The second kappa shape index (κ2) is 4.03. The average molecular weight is 221 g/mol. The molecule has 8 heteroatoms. The fourth-order valence-corrected chi connectivity index (χ4v) is 1.24. The lowest BCUT2D eigenvalue weighted by Gasteiger charge is -1.99. The van der Waals surface area contributed by atoms with Crippen LogP contribution < -0.4 is 0 Å². The van der Waals surface area contributed by atoms with Crippen LogP contribution in [0, 0.1) is 10.1 Å². The van der Waals surface area contributed by atoms with E-state index < -0.39 is 4.92 Å². The molecule has 0 saturated carbocycles. The normalized spacial score (nSPS) is 10.3. The van der Waals surface area contributed by atoms with Crippen LogP contribution in [0.1, 0.15) is 0 Å². The Morgan fingerprint density at radius 2 is 2.06 bits per heavy atom. The number of hydrogen-bond acceptors (Lipinski definition) is 6. The molecule has 0 saturated heterocycles. The van der Waals surface area contributed by atoms with Gasteiger partial charge >= 0.3 is 0 Å². The largest absolute Gasteiger partial charge is 0.374 e. The van der Waals surface area contributed by atoms with Crippen LogP contribution in [0.5, 0.6) is 0 Å². The number of tetrazole rings is 1. The summed E-state index contributed by atoms with van der Waals surface area (Å²) >= 11 is 0. The molecule has 16 heavy (non-hydrogen) atoms. The Morgan fingerprint density at radius 1 is 1.38 bits per heavy atom. The van der Waals surface area contributed by atoms with Gasteiger partial charge in [-0.05, 0) is 22.6 Å². The molecule has 0 radical (unpaired) electrons. The fraction of sp³-hybridized carbons (Fsp3) is 0.125. The van der Waals surface area contributed by atoms with Crippen LogP contribution in [-0.2, 0) is 6.73 Å². The van der Waals surface area contributed by atoms with E-state index in [1.807, 2.05) is 0 Å². The summed E-state index contributed by atoms with van der Waals surface area (Å²) < 4.78 is 1.18. The molecule has 1 N–H and O–H groups in total. The first kappa shape index (κ1) is 10.2. The van der Waals surface area contributed by atoms with E-state index in [0.717, 1.165) is 0 Å². The van der Waals surface area contributed by atoms with Crippen LogP contribution in [-0.4, -0.2) is 30.2 Å². The van der Waals surface area contributed by atoms with Gasteiger partial charge in [-0.15, -0.1) is 5.10 Å². The predicted molar refractivity (Wildman–Crippen MR) is 52.1 cm³/mol. The number of rotatable bonds is 3. The molecule has 2 aromatic rings. The maximum absolute atomic E-state index is 10.4. The molecular formula is C8H7N5O3. The minimum atomic E-state index is -0.487. The van der Waals surface area contributed by atoms with E-state index >= 15 is 0 Å². The molecule has 0 aliphatic rings. The van der Waals surface area contributed by atoms with Crippen molar-refractivity contribution >= 4 is 5.69 Å². The van der Waals surface area contributed by atoms with E-state index in [2.05, 4.69) is 15.5 Å². The van der Waals surface area contributed by atoms with Gasteiger partial charge in [0, 0.05) is 17.7 Å². The highest BCUT2D eigenvalue weighted by Crippen LogP contribution is 2.19. The fourth-order valence-electron chi connectivity index (χ4n) is 1.24. The summed E-state index contributed by atoms with van der Waals surface area (Å²) in [5, 5.41) is 30.0. The Morgan fingerprint density at radius 3 is 2.62 bits per heavy atom. The van der Waals surface area contributed by atoms with Crippen LogP contribution in [0.25, 0.3) is 11.4 Å². The number of non-ortho nitro benzene ring substituents is 1. The van der Waals surface area contributed by atoms with E-state index in [4.69, 9.17) is 5.11 Å². The van der Waals surface area contributed by atoms with Crippen molar-refractivity contribution in [3.05, 3.63) is 34.4 Å². The topological polar surface area (TPSA) is 107 Å². The van der Waals surface area contributed by atoms with Gasteiger partial charge in [0.05, 0.1) is 4.92 Å². The van der Waals surface area contributed by atoms with E-state index in [1.165, 1.54) is 28.9 Å². The standard InChI is InChI=1S/C8H7N5O3/c14-5-12-8(9-10-11-12)6-1-3-7(4-2-6)13(15)16/h1-4,14H,5H2. The molecule has 0 bridgehead atoms. The highest BCUT2D eigenvalue weighted by atomic mass is 16.6. The molecule has 0 amide bonds. The Labute approximate surface area is 89.3 Å². The van der Waals surface area contributed by atoms with Crippen LogP contribution >= 0.6 is 0 Å². The molecular weight excluding hydrogens is 214 g/mol. The van der Waals surface area contributed by atoms with Crippen molar-refractivity contribution in [1.29, 1.82) is 0 Å². The lowest BCUT2D eigenvalue weighted by Crippen LogP contribution is -2.01. The predicted octanol–water partition coefficient (Wildman–Crippen LogP) is 0.198. The number of aromatic nitrogens is 4. The van der Waals surface area contributed by atoms with E-state index in [0.29, 0.717) is 11.4 Å². The van der Waals surface area contributed by atoms with Crippen LogP contribution in [0.15, 0.2) is 24.3 Å². The van der Waals surface area contributed by atoms with Crippen molar-refractivity contribution in [3.63, 3.8) is 0 Å². The molecule has 1 aromatic heterocycles. The van der Waals surface area contributed by atoms with Gasteiger partial charge < -0.3 is 5.11 Å². The van der Waals surface area contributed by atoms with Gasteiger partial charge in [-0.1, -0.05) is 0 Å². The molecule has 0 unspecified atom stereocenters. The average Bonchev–Trinajstić information content (AvgIpc) is 2.77. The molecule has 0 aliphatic carbocycles. The van der Waals surface area contributed by atoms with Gasteiger partial charge in [0.15, 0.2) is 5.82 Å². The van der Waals surface area contributed by atoms with Crippen LogP contribution in [0.4, 0.5) is 5.69 Å². The zero-order valence-electron chi connectivity index (χ0n) is 8.02. The van der Waals surface area contributed by atoms with Gasteiger partial charge in [0.25, 0.3) is 5.69 Å². The van der Waals surface area contributed by atoms with E-state index in [9.17, 15) is 10.1 Å². The smallest absolute Gasteiger partial charge is 0.269 e. The van der Waals surface area contributed by atoms with Crippen molar-refractivity contribution in [2.24, 2.45) is 0 Å². The second-order valence-electron chi connectivity index (χ2n) is 2.95. The monoisotopic (exact) mass is 221 g/mol. The summed E-state index contributed by atoms with van der Waals surface area (Å²) in [6, 6.07) is 5.75. The lowest BCUT2D eigenvalue weighted by molar-refractivity contribution is -0.384. The summed E-state index contributed by atoms with van der Waals surface area (Å²) in [7, 11) is 0. The minimum Gasteiger partial charge on any atom is -0.374 e. The third-order valence-electron chi connectivity index (χ3n) is 2.00. The third kappa shape index (κ3) is 1.73. The van der Waals surface area contributed by atoms with E-state index in [-0.39, 0.29) is 12.4 Å². The summed E-state index contributed by atoms with van der Waals surface area (Å²) in [4.78, 5) is 9.95. The number of hydrogen-bond donors (Lipinski definition) is 1. The third-order valence-corrected chi connectivity index (χ3v) is 2.00. The van der Waals surface area contributed by atoms with Crippen LogP contribution in [0.3, 0.4) is 0 Å². The maximum atomic E-state index is 10.4. The van der Waals surface area contributed by atoms with Crippen molar-refractivity contribution in [2.75, 3.05) is 0 Å². The summed E-state index contributed by atoms with van der Waals surface area (Å²) in [6.45, 7) is -0.348. The number of aliphatic hydroxyl groups is 1. The molecule has 0 fully saturated rings. The summed E-state index contributed by atoms with van der Waals surface area (Å²) in [6.07, 6.45) is 0. The van der Waals surface area contributed by atoms with Gasteiger partial charge in [0.2, 0.25) is 0 Å². The highest BCUT2D eigenvalue weighted by molar-refractivity contribution is 5.56. The van der Waals surface area contributed by atoms with Crippen LogP contribution in [0.2, 0.25) is 0 Å². The van der Waals surface area contributed by atoms with Gasteiger partial charge in [0.1, 0.15) is 6.73 Å². The van der Waals surface area contributed by atoms with Crippen molar-refractivity contribution in [2.45, 2.75) is 6.73 Å². The second-order valence-corrected chi connectivity index (χ2v) is 2.95. The molecule has 82 valence electrons. The van der Waals surface area contributed by atoms with Gasteiger partial charge in [-0.2, -0.15) is 4.68 Å². The van der Waals surface area contributed by atoms with Crippen molar-refractivity contribution in [1.82, 2.24) is 20.2 Å².